The maximum absolute atomic E-state index is 11.5. The summed E-state index contributed by atoms with van der Waals surface area (Å²) < 4.78 is 10.9. The monoisotopic (exact) mass is 380 g/mol. The first kappa shape index (κ1) is 20.1. The number of esters is 1. The largest absolute Gasteiger partial charge is 0.493 e. The molecule has 1 aliphatic carbocycles. The Bertz CT molecular complexity index is 818. The number of rotatable bonds is 8. The number of carbonyl (C=O) groups excluding carboxylic acids is 1. The molecule has 5 nitrogen and oxygen atoms in total. The zero-order valence-corrected chi connectivity index (χ0v) is 16.1. The van der Waals surface area contributed by atoms with Crippen LogP contribution in [0.1, 0.15) is 36.0 Å². The van der Waals surface area contributed by atoms with Crippen LogP contribution in [0.4, 0.5) is 0 Å². The molecule has 2 aromatic rings. The highest BCUT2D eigenvalue weighted by atomic mass is 16.5. The SMILES string of the molecule is NCC(N)C(=O)OCCCOc1ccc2c(c1)CCCC(c1ccccc1)=C2. The summed E-state index contributed by atoms with van der Waals surface area (Å²) in [6.45, 7) is 0.848. The van der Waals surface area contributed by atoms with E-state index < -0.39 is 12.0 Å². The summed E-state index contributed by atoms with van der Waals surface area (Å²) in [6, 6.07) is 16.0. The number of allylic oxidation sites excluding steroid dienone is 1. The molecule has 28 heavy (non-hydrogen) atoms. The number of hydrogen-bond donors (Lipinski definition) is 2. The molecule has 2 aromatic carbocycles. The van der Waals surface area contributed by atoms with Gasteiger partial charge in [-0.15, -0.1) is 0 Å². The van der Waals surface area contributed by atoms with Gasteiger partial charge < -0.3 is 20.9 Å². The van der Waals surface area contributed by atoms with Gasteiger partial charge in [0.2, 0.25) is 0 Å². The quantitative estimate of drug-likeness (QED) is 0.543. The summed E-state index contributed by atoms with van der Waals surface area (Å²) in [5.41, 5.74) is 16.1. The minimum atomic E-state index is -0.751. The van der Waals surface area contributed by atoms with E-state index >= 15 is 0 Å². The average Bonchev–Trinajstić information content (AvgIpc) is 2.95. The number of nitrogens with two attached hydrogens (primary N) is 2. The van der Waals surface area contributed by atoms with Gasteiger partial charge in [-0.25, -0.2) is 0 Å². The normalized spacial score (nSPS) is 14.4. The lowest BCUT2D eigenvalue weighted by molar-refractivity contribution is -0.145. The minimum absolute atomic E-state index is 0.0882. The lowest BCUT2D eigenvalue weighted by Gasteiger charge is -2.11. The van der Waals surface area contributed by atoms with Crippen LogP contribution in [-0.4, -0.2) is 31.8 Å². The van der Waals surface area contributed by atoms with Gasteiger partial charge in [-0.1, -0.05) is 42.5 Å². The first-order valence-electron chi connectivity index (χ1n) is 9.81. The number of carbonyl (C=O) groups is 1. The molecule has 0 aliphatic heterocycles. The highest BCUT2D eigenvalue weighted by molar-refractivity contribution is 5.83. The van der Waals surface area contributed by atoms with Crippen molar-refractivity contribution in [1.29, 1.82) is 0 Å². The van der Waals surface area contributed by atoms with Crippen molar-refractivity contribution in [3.8, 4) is 5.75 Å². The van der Waals surface area contributed by atoms with E-state index in [9.17, 15) is 4.79 Å². The van der Waals surface area contributed by atoms with Crippen molar-refractivity contribution >= 4 is 17.6 Å². The predicted molar refractivity (Wildman–Crippen MR) is 112 cm³/mol. The zero-order chi connectivity index (χ0) is 19.8. The van der Waals surface area contributed by atoms with Crippen molar-refractivity contribution in [2.45, 2.75) is 31.7 Å². The summed E-state index contributed by atoms with van der Waals surface area (Å²) in [5, 5.41) is 0. The van der Waals surface area contributed by atoms with Crippen LogP contribution in [0, 0.1) is 0 Å². The van der Waals surface area contributed by atoms with Crippen LogP contribution in [0.3, 0.4) is 0 Å². The van der Waals surface area contributed by atoms with Gasteiger partial charge in [-0.05, 0) is 53.7 Å². The lowest BCUT2D eigenvalue weighted by Crippen LogP contribution is -2.39. The minimum Gasteiger partial charge on any atom is -0.493 e. The van der Waals surface area contributed by atoms with Crippen LogP contribution < -0.4 is 16.2 Å². The van der Waals surface area contributed by atoms with E-state index in [1.165, 1.54) is 22.3 Å². The maximum Gasteiger partial charge on any atom is 0.324 e. The Morgan fingerprint density at radius 2 is 1.89 bits per heavy atom. The molecule has 0 fully saturated rings. The summed E-state index contributed by atoms with van der Waals surface area (Å²) in [5.74, 6) is 0.383. The van der Waals surface area contributed by atoms with Crippen molar-refractivity contribution in [1.82, 2.24) is 0 Å². The van der Waals surface area contributed by atoms with Gasteiger partial charge in [-0.3, -0.25) is 4.79 Å². The Morgan fingerprint density at radius 3 is 2.68 bits per heavy atom. The van der Waals surface area contributed by atoms with Gasteiger partial charge in [0.05, 0.1) is 13.2 Å². The molecule has 3 rings (SSSR count). The molecule has 0 radical (unpaired) electrons. The molecule has 0 saturated carbocycles. The Labute approximate surface area is 166 Å². The standard InChI is InChI=1S/C23H28N2O3/c24-16-22(25)23(26)28-13-5-12-27-21-11-10-20-14-18(8-4-9-19(20)15-21)17-6-2-1-3-7-17/h1-3,6-7,10-11,14-15,22H,4-5,8-9,12-13,16,24-25H2. The third-order valence-corrected chi connectivity index (χ3v) is 4.84. The molecule has 1 unspecified atom stereocenters. The van der Waals surface area contributed by atoms with Gasteiger partial charge in [0.15, 0.2) is 0 Å². The van der Waals surface area contributed by atoms with Crippen molar-refractivity contribution in [3.05, 3.63) is 65.2 Å². The molecule has 0 spiro atoms. The van der Waals surface area contributed by atoms with Crippen LogP contribution in [0.2, 0.25) is 0 Å². The molecule has 1 aliphatic rings. The number of hydrogen-bond acceptors (Lipinski definition) is 5. The van der Waals surface area contributed by atoms with Crippen LogP contribution in [0.15, 0.2) is 48.5 Å². The molecule has 0 amide bonds. The first-order valence-corrected chi connectivity index (χ1v) is 9.81. The molecule has 0 heterocycles. The van der Waals surface area contributed by atoms with E-state index in [-0.39, 0.29) is 13.2 Å². The second kappa shape index (κ2) is 10.1. The summed E-state index contributed by atoms with van der Waals surface area (Å²) in [4.78, 5) is 11.5. The fourth-order valence-corrected chi connectivity index (χ4v) is 3.26. The van der Waals surface area contributed by atoms with E-state index in [0.29, 0.717) is 13.0 Å². The fraction of sp³-hybridized carbons (Fsp3) is 0.348. The van der Waals surface area contributed by atoms with E-state index in [1.807, 2.05) is 12.1 Å². The Morgan fingerprint density at radius 1 is 1.07 bits per heavy atom. The van der Waals surface area contributed by atoms with Gasteiger partial charge in [-0.2, -0.15) is 0 Å². The van der Waals surface area contributed by atoms with Crippen molar-refractivity contribution < 1.29 is 14.3 Å². The molecular formula is C23H28N2O3. The third kappa shape index (κ3) is 5.44. The van der Waals surface area contributed by atoms with Crippen LogP contribution >= 0.6 is 0 Å². The van der Waals surface area contributed by atoms with E-state index in [4.69, 9.17) is 20.9 Å². The molecular weight excluding hydrogens is 352 g/mol. The van der Waals surface area contributed by atoms with Crippen LogP contribution in [0.25, 0.3) is 11.6 Å². The summed E-state index contributed by atoms with van der Waals surface area (Å²) in [7, 11) is 0. The number of benzene rings is 2. The van der Waals surface area contributed by atoms with Gasteiger partial charge in [0, 0.05) is 13.0 Å². The van der Waals surface area contributed by atoms with Gasteiger partial charge in [0.1, 0.15) is 11.8 Å². The summed E-state index contributed by atoms with van der Waals surface area (Å²) >= 11 is 0. The Hall–Kier alpha value is -2.63. The van der Waals surface area contributed by atoms with Crippen LogP contribution in [-0.2, 0) is 16.0 Å². The van der Waals surface area contributed by atoms with Crippen molar-refractivity contribution in [2.24, 2.45) is 11.5 Å². The molecule has 0 bridgehead atoms. The average molecular weight is 380 g/mol. The van der Waals surface area contributed by atoms with Gasteiger partial charge in [0.25, 0.3) is 0 Å². The zero-order valence-electron chi connectivity index (χ0n) is 16.1. The highest BCUT2D eigenvalue weighted by Gasteiger charge is 2.13. The number of aryl methyl sites for hydroxylation is 1. The Kier molecular flexibility index (Phi) is 7.23. The first-order chi connectivity index (χ1) is 13.7. The molecule has 4 N–H and O–H groups in total. The second-order valence-electron chi connectivity index (χ2n) is 6.96. The second-order valence-corrected chi connectivity index (χ2v) is 6.96. The van der Waals surface area contributed by atoms with E-state index in [0.717, 1.165) is 25.0 Å². The molecule has 1 atom stereocenters. The van der Waals surface area contributed by atoms with Crippen molar-refractivity contribution in [2.75, 3.05) is 19.8 Å². The maximum atomic E-state index is 11.5. The van der Waals surface area contributed by atoms with Crippen LogP contribution in [0.5, 0.6) is 5.75 Å². The molecule has 148 valence electrons. The topological polar surface area (TPSA) is 87.6 Å². The van der Waals surface area contributed by atoms with Gasteiger partial charge >= 0.3 is 5.97 Å². The van der Waals surface area contributed by atoms with E-state index in [1.54, 1.807) is 0 Å². The van der Waals surface area contributed by atoms with Crippen molar-refractivity contribution in [3.63, 3.8) is 0 Å². The highest BCUT2D eigenvalue weighted by Crippen LogP contribution is 2.31. The van der Waals surface area contributed by atoms with E-state index in [2.05, 4.69) is 42.5 Å². The molecule has 5 heteroatoms. The smallest absolute Gasteiger partial charge is 0.324 e. The third-order valence-electron chi connectivity index (χ3n) is 4.84. The number of fused-ring (bicyclic) bond motifs is 1. The Balaban J connectivity index is 1.55. The lowest BCUT2D eigenvalue weighted by atomic mass is 10.0. The number of ether oxygens (including phenoxy) is 2. The fourth-order valence-electron chi connectivity index (χ4n) is 3.26. The molecule has 0 saturated heterocycles. The molecule has 0 aromatic heterocycles. The summed E-state index contributed by atoms with van der Waals surface area (Å²) in [6.07, 6.45) is 6.13. The predicted octanol–water partition coefficient (Wildman–Crippen LogP) is 3.16.